The molecule has 128 valence electrons. The maximum Gasteiger partial charge on any atom is 0.245 e. The highest BCUT2D eigenvalue weighted by molar-refractivity contribution is 7.15. The fraction of sp³-hybridized carbons (Fsp3) is 0.667. The molecule has 23 heavy (non-hydrogen) atoms. The summed E-state index contributed by atoms with van der Waals surface area (Å²) in [6, 6.07) is -0.602. The standard InChI is InChI=1S/C15H25N5O2S/c1-4-20-6-5-10-11(8-20)23-15(18-10)19-12(21)7-17-14(22)13(16)9(2)3/h9,13H,4-8,16H2,1-3H3,(H,17,22)(H,18,19,21)/t13-/m0/s1. The van der Waals surface area contributed by atoms with Crippen LogP contribution in [-0.2, 0) is 22.6 Å². The van der Waals surface area contributed by atoms with Crippen LogP contribution >= 0.6 is 11.3 Å². The van der Waals surface area contributed by atoms with Gasteiger partial charge in [-0.15, -0.1) is 11.3 Å². The molecule has 4 N–H and O–H groups in total. The van der Waals surface area contributed by atoms with Crippen molar-refractivity contribution in [1.29, 1.82) is 0 Å². The molecule has 0 unspecified atom stereocenters. The molecule has 0 radical (unpaired) electrons. The van der Waals surface area contributed by atoms with Gasteiger partial charge in [0, 0.05) is 24.4 Å². The largest absolute Gasteiger partial charge is 0.346 e. The van der Waals surface area contributed by atoms with Crippen molar-refractivity contribution >= 4 is 28.3 Å². The van der Waals surface area contributed by atoms with Gasteiger partial charge in [0.25, 0.3) is 0 Å². The Kier molecular flexibility index (Phi) is 6.09. The van der Waals surface area contributed by atoms with Crippen molar-refractivity contribution in [2.45, 2.75) is 39.8 Å². The number of aromatic nitrogens is 1. The Hall–Kier alpha value is -1.51. The van der Waals surface area contributed by atoms with Gasteiger partial charge in [-0.2, -0.15) is 0 Å². The minimum absolute atomic E-state index is 0.0326. The van der Waals surface area contributed by atoms with Gasteiger partial charge in [0.2, 0.25) is 11.8 Å². The van der Waals surface area contributed by atoms with E-state index in [1.165, 1.54) is 16.2 Å². The average molecular weight is 339 g/mol. The summed E-state index contributed by atoms with van der Waals surface area (Å²) in [4.78, 5) is 31.7. The first-order chi connectivity index (χ1) is 10.9. The molecule has 1 aromatic rings. The molecule has 0 spiro atoms. The summed E-state index contributed by atoms with van der Waals surface area (Å²) in [6.07, 6.45) is 0.912. The number of carbonyl (C=O) groups is 2. The van der Waals surface area contributed by atoms with Gasteiger partial charge in [0.05, 0.1) is 18.3 Å². The molecule has 7 nitrogen and oxygen atoms in total. The van der Waals surface area contributed by atoms with E-state index in [4.69, 9.17) is 5.73 Å². The van der Waals surface area contributed by atoms with E-state index in [9.17, 15) is 9.59 Å². The molecule has 2 rings (SSSR count). The number of thiazole rings is 1. The third-order valence-corrected chi connectivity index (χ3v) is 4.95. The molecule has 0 saturated carbocycles. The van der Waals surface area contributed by atoms with Crippen molar-refractivity contribution in [2.24, 2.45) is 11.7 Å². The molecule has 1 atom stereocenters. The Bertz CT molecular complexity index is 572. The van der Waals surface area contributed by atoms with Crippen LogP contribution in [0, 0.1) is 5.92 Å². The SMILES string of the molecule is CCN1CCc2nc(NC(=O)CNC(=O)[C@@H](N)C(C)C)sc2C1. The summed E-state index contributed by atoms with van der Waals surface area (Å²) >= 11 is 1.51. The molecule has 1 aromatic heterocycles. The third kappa shape index (κ3) is 4.73. The smallest absolute Gasteiger partial charge is 0.245 e. The van der Waals surface area contributed by atoms with Crippen molar-refractivity contribution in [1.82, 2.24) is 15.2 Å². The Morgan fingerprint density at radius 1 is 1.43 bits per heavy atom. The van der Waals surface area contributed by atoms with E-state index in [2.05, 4.69) is 27.4 Å². The lowest BCUT2D eigenvalue weighted by atomic mass is 10.1. The molecule has 2 amide bonds. The van der Waals surface area contributed by atoms with Crippen LogP contribution in [0.25, 0.3) is 0 Å². The van der Waals surface area contributed by atoms with Gasteiger partial charge in [0.1, 0.15) is 0 Å². The summed E-state index contributed by atoms with van der Waals surface area (Å²) < 4.78 is 0. The molecule has 8 heteroatoms. The molecule has 1 aliphatic rings. The van der Waals surface area contributed by atoms with E-state index in [1.807, 2.05) is 13.8 Å². The zero-order valence-electron chi connectivity index (χ0n) is 13.9. The number of hydrogen-bond acceptors (Lipinski definition) is 6. The molecule has 2 heterocycles. The Balaban J connectivity index is 1.84. The van der Waals surface area contributed by atoms with Gasteiger partial charge in [-0.3, -0.25) is 14.5 Å². The van der Waals surface area contributed by atoms with Gasteiger partial charge in [0.15, 0.2) is 5.13 Å². The Labute approximate surface area is 140 Å². The molecule has 0 bridgehead atoms. The van der Waals surface area contributed by atoms with E-state index in [1.54, 1.807) is 0 Å². The van der Waals surface area contributed by atoms with Crippen LogP contribution in [0.15, 0.2) is 0 Å². The zero-order chi connectivity index (χ0) is 17.0. The van der Waals surface area contributed by atoms with Gasteiger partial charge in [-0.05, 0) is 12.5 Å². The number of likely N-dealkylation sites (N-methyl/N-ethyl adjacent to an activating group) is 1. The minimum Gasteiger partial charge on any atom is -0.346 e. The highest BCUT2D eigenvalue weighted by Gasteiger charge is 2.21. The lowest BCUT2D eigenvalue weighted by Crippen LogP contribution is -2.46. The van der Waals surface area contributed by atoms with Crippen molar-refractivity contribution in [3.05, 3.63) is 10.6 Å². The number of rotatable bonds is 6. The van der Waals surface area contributed by atoms with Crippen LogP contribution < -0.4 is 16.4 Å². The summed E-state index contributed by atoms with van der Waals surface area (Å²) in [5.74, 6) is -0.565. The molecule has 0 aromatic carbocycles. The number of nitrogens with one attached hydrogen (secondary N) is 2. The van der Waals surface area contributed by atoms with E-state index >= 15 is 0 Å². The average Bonchev–Trinajstić information content (AvgIpc) is 2.92. The fourth-order valence-corrected chi connectivity index (χ4v) is 3.39. The first-order valence-electron chi connectivity index (χ1n) is 7.94. The van der Waals surface area contributed by atoms with Crippen LogP contribution in [0.3, 0.4) is 0 Å². The van der Waals surface area contributed by atoms with Crippen molar-refractivity contribution in [2.75, 3.05) is 25.0 Å². The highest BCUT2D eigenvalue weighted by atomic mass is 32.1. The van der Waals surface area contributed by atoms with E-state index in [0.717, 1.165) is 31.7 Å². The molecule has 0 fully saturated rings. The Morgan fingerprint density at radius 3 is 2.83 bits per heavy atom. The lowest BCUT2D eigenvalue weighted by molar-refractivity contribution is -0.125. The summed E-state index contributed by atoms with van der Waals surface area (Å²) in [5, 5.41) is 5.90. The zero-order valence-corrected chi connectivity index (χ0v) is 14.7. The second-order valence-corrected chi connectivity index (χ2v) is 7.13. The maximum absolute atomic E-state index is 11.9. The summed E-state index contributed by atoms with van der Waals surface area (Å²) in [5.41, 5.74) is 6.80. The number of fused-ring (bicyclic) bond motifs is 1. The molecule has 1 aliphatic heterocycles. The molecular formula is C15H25N5O2S. The van der Waals surface area contributed by atoms with E-state index in [0.29, 0.717) is 5.13 Å². The quantitative estimate of drug-likeness (QED) is 0.703. The van der Waals surface area contributed by atoms with Crippen LogP contribution in [0.4, 0.5) is 5.13 Å². The second-order valence-electron chi connectivity index (χ2n) is 6.04. The number of hydrogen-bond donors (Lipinski definition) is 3. The van der Waals surface area contributed by atoms with Gasteiger partial charge in [-0.25, -0.2) is 4.98 Å². The first-order valence-corrected chi connectivity index (χ1v) is 8.76. The summed E-state index contributed by atoms with van der Waals surface area (Å²) in [7, 11) is 0. The summed E-state index contributed by atoms with van der Waals surface area (Å²) in [6.45, 7) is 8.68. The number of carbonyl (C=O) groups excluding carboxylic acids is 2. The van der Waals surface area contributed by atoms with Crippen LogP contribution in [0.2, 0.25) is 0 Å². The predicted octanol–water partition coefficient (Wildman–Crippen LogP) is 0.559. The molecular weight excluding hydrogens is 314 g/mol. The second kappa shape index (κ2) is 7.85. The lowest BCUT2D eigenvalue weighted by Gasteiger charge is -2.23. The van der Waals surface area contributed by atoms with Crippen molar-refractivity contribution in [3.63, 3.8) is 0 Å². The van der Waals surface area contributed by atoms with E-state index < -0.39 is 6.04 Å². The number of nitrogens with two attached hydrogens (primary N) is 1. The van der Waals surface area contributed by atoms with Gasteiger partial charge in [-0.1, -0.05) is 20.8 Å². The van der Waals surface area contributed by atoms with Crippen molar-refractivity contribution < 1.29 is 9.59 Å². The number of nitrogens with zero attached hydrogens (tertiary/aromatic N) is 2. The number of amides is 2. The highest BCUT2D eigenvalue weighted by Crippen LogP contribution is 2.27. The maximum atomic E-state index is 11.9. The normalized spacial score (nSPS) is 16.0. The predicted molar refractivity (Wildman–Crippen MR) is 91.2 cm³/mol. The first kappa shape index (κ1) is 17.8. The van der Waals surface area contributed by atoms with Gasteiger partial charge < -0.3 is 16.4 Å². The van der Waals surface area contributed by atoms with Crippen molar-refractivity contribution in [3.8, 4) is 0 Å². The topological polar surface area (TPSA) is 100 Å². The fourth-order valence-electron chi connectivity index (χ4n) is 2.32. The minimum atomic E-state index is -0.602. The Morgan fingerprint density at radius 2 is 2.17 bits per heavy atom. The monoisotopic (exact) mass is 339 g/mol. The van der Waals surface area contributed by atoms with Crippen LogP contribution in [0.5, 0.6) is 0 Å². The molecule has 0 aliphatic carbocycles. The van der Waals surface area contributed by atoms with Crippen LogP contribution in [0.1, 0.15) is 31.3 Å². The number of anilines is 1. The van der Waals surface area contributed by atoms with Gasteiger partial charge >= 0.3 is 0 Å². The van der Waals surface area contributed by atoms with E-state index in [-0.39, 0.29) is 24.3 Å². The third-order valence-electron chi connectivity index (χ3n) is 3.95. The molecule has 0 saturated heterocycles. The van der Waals surface area contributed by atoms with Crippen LogP contribution in [-0.4, -0.2) is 47.4 Å².